The van der Waals surface area contributed by atoms with E-state index in [1.807, 2.05) is 20.8 Å². The van der Waals surface area contributed by atoms with Crippen LogP contribution < -0.4 is 5.43 Å². The first-order valence-corrected chi connectivity index (χ1v) is 6.44. The Morgan fingerprint density at radius 2 is 1.95 bits per heavy atom. The minimum atomic E-state index is -1.26. The van der Waals surface area contributed by atoms with Crippen LogP contribution >= 0.6 is 0 Å². The molecule has 6 nitrogen and oxygen atoms in total. The van der Waals surface area contributed by atoms with Crippen molar-refractivity contribution < 1.29 is 19.5 Å². The number of carbonyl (C=O) groups is 3. The first-order valence-electron chi connectivity index (χ1n) is 6.44. The van der Waals surface area contributed by atoms with Gasteiger partial charge in [0.2, 0.25) is 5.91 Å². The van der Waals surface area contributed by atoms with E-state index < -0.39 is 23.3 Å². The van der Waals surface area contributed by atoms with Crippen molar-refractivity contribution in [3.8, 4) is 0 Å². The molecule has 0 spiro atoms. The Balaban J connectivity index is 2.22. The Labute approximate surface area is 112 Å². The Kier molecular flexibility index (Phi) is 2.88. The van der Waals surface area contributed by atoms with E-state index in [0.717, 1.165) is 12.8 Å². The lowest BCUT2D eigenvalue weighted by Gasteiger charge is -2.32. The maximum Gasteiger partial charge on any atom is 0.425 e. The van der Waals surface area contributed by atoms with Crippen molar-refractivity contribution in [2.24, 2.45) is 22.7 Å². The van der Waals surface area contributed by atoms with Gasteiger partial charge in [-0.2, -0.15) is 0 Å². The van der Waals surface area contributed by atoms with E-state index in [0.29, 0.717) is 5.01 Å². The van der Waals surface area contributed by atoms with Crippen molar-refractivity contribution in [1.29, 1.82) is 0 Å². The molecule has 0 saturated heterocycles. The average molecular weight is 268 g/mol. The molecule has 0 aromatic heterocycles. The zero-order valence-corrected chi connectivity index (χ0v) is 11.7. The second kappa shape index (κ2) is 3.95. The summed E-state index contributed by atoms with van der Waals surface area (Å²) in [5.41, 5.74) is 1.58. The number of hydrazine groups is 1. The van der Waals surface area contributed by atoms with Gasteiger partial charge in [0.25, 0.3) is 0 Å². The Morgan fingerprint density at radius 1 is 1.37 bits per heavy atom. The third-order valence-electron chi connectivity index (χ3n) is 5.38. The lowest BCUT2D eigenvalue weighted by atomic mass is 9.70. The minimum Gasteiger partial charge on any atom is -0.464 e. The number of carboxylic acid groups (broad SMARTS) is 1. The third kappa shape index (κ3) is 1.65. The number of hydrogen-bond donors (Lipinski definition) is 2. The highest BCUT2D eigenvalue weighted by molar-refractivity contribution is 6.07. The lowest BCUT2D eigenvalue weighted by Crippen LogP contribution is -2.48. The SMILES string of the molecule is CN(NC(=O)C1C(=O)[C@@]2(C)CC[C@@H]1C2(C)C)C(=O)O. The molecule has 106 valence electrons. The molecule has 2 rings (SSSR count). The zero-order valence-electron chi connectivity index (χ0n) is 11.7. The molecule has 19 heavy (non-hydrogen) atoms. The fourth-order valence-electron chi connectivity index (χ4n) is 3.67. The molecule has 2 saturated carbocycles. The predicted octanol–water partition coefficient (Wildman–Crippen LogP) is 1.27. The van der Waals surface area contributed by atoms with E-state index in [2.05, 4.69) is 5.43 Å². The summed E-state index contributed by atoms with van der Waals surface area (Å²) < 4.78 is 0. The maximum absolute atomic E-state index is 12.5. The van der Waals surface area contributed by atoms with Crippen LogP contribution in [0, 0.1) is 22.7 Å². The van der Waals surface area contributed by atoms with Gasteiger partial charge in [-0.15, -0.1) is 0 Å². The van der Waals surface area contributed by atoms with Crippen LogP contribution in [0.1, 0.15) is 33.6 Å². The number of carbonyl (C=O) groups excluding carboxylic acids is 2. The molecule has 2 aliphatic carbocycles. The number of rotatable bonds is 1. The standard InChI is InChI=1S/C13H20N2O4/c1-12(2)7-5-6-13(12,3)9(16)8(7)10(17)14-15(4)11(18)19/h7-8H,5-6H2,1-4H3,(H,14,17)(H,18,19)/t7-,8?,13+/m0/s1. The molecular weight excluding hydrogens is 248 g/mol. The first-order chi connectivity index (χ1) is 8.63. The summed E-state index contributed by atoms with van der Waals surface area (Å²) in [5.74, 6) is -1.29. The van der Waals surface area contributed by atoms with Gasteiger partial charge in [0, 0.05) is 12.5 Å². The molecule has 2 N–H and O–H groups in total. The van der Waals surface area contributed by atoms with Crippen LogP contribution in [0.3, 0.4) is 0 Å². The third-order valence-corrected chi connectivity index (χ3v) is 5.38. The van der Waals surface area contributed by atoms with Crippen LogP contribution in [-0.4, -0.2) is 34.9 Å². The summed E-state index contributed by atoms with van der Waals surface area (Å²) in [4.78, 5) is 35.3. The summed E-state index contributed by atoms with van der Waals surface area (Å²) in [6.45, 7) is 5.97. The van der Waals surface area contributed by atoms with Gasteiger partial charge < -0.3 is 5.11 Å². The molecule has 1 unspecified atom stereocenters. The molecule has 0 radical (unpaired) electrons. The Bertz CT molecular complexity index is 460. The fraction of sp³-hybridized carbons (Fsp3) is 0.769. The van der Waals surface area contributed by atoms with E-state index >= 15 is 0 Å². The second-order valence-electron chi connectivity index (χ2n) is 6.36. The van der Waals surface area contributed by atoms with Crippen LogP contribution in [0.2, 0.25) is 0 Å². The number of hydrogen-bond acceptors (Lipinski definition) is 3. The van der Waals surface area contributed by atoms with Crippen molar-refractivity contribution in [2.75, 3.05) is 7.05 Å². The molecule has 2 bridgehead atoms. The molecule has 0 aromatic carbocycles. The highest BCUT2D eigenvalue weighted by Crippen LogP contribution is 2.65. The normalized spacial score (nSPS) is 35.3. The van der Waals surface area contributed by atoms with Crippen LogP contribution in [0.5, 0.6) is 0 Å². The summed E-state index contributed by atoms with van der Waals surface area (Å²) >= 11 is 0. The molecule has 2 fully saturated rings. The molecule has 2 aliphatic rings. The lowest BCUT2D eigenvalue weighted by molar-refractivity contribution is -0.140. The maximum atomic E-state index is 12.5. The minimum absolute atomic E-state index is 0.00723. The number of nitrogens with one attached hydrogen (secondary N) is 1. The van der Waals surface area contributed by atoms with Crippen LogP contribution in [0.4, 0.5) is 4.79 Å². The Morgan fingerprint density at radius 3 is 2.37 bits per heavy atom. The molecule has 0 aliphatic heterocycles. The van der Waals surface area contributed by atoms with E-state index in [1.54, 1.807) is 0 Å². The number of Topliss-reactive ketones (excluding diaryl/α,β-unsaturated/α-hetero) is 1. The number of nitrogens with zero attached hydrogens (tertiary/aromatic N) is 1. The highest BCUT2D eigenvalue weighted by Gasteiger charge is 2.67. The summed E-state index contributed by atoms with van der Waals surface area (Å²) in [7, 11) is 1.24. The molecule has 2 amide bonds. The zero-order chi connectivity index (χ0) is 14.6. The van der Waals surface area contributed by atoms with E-state index in [-0.39, 0.29) is 17.1 Å². The number of amides is 2. The van der Waals surface area contributed by atoms with Crippen molar-refractivity contribution >= 4 is 17.8 Å². The first kappa shape index (κ1) is 13.8. The molecule has 0 heterocycles. The van der Waals surface area contributed by atoms with Crippen molar-refractivity contribution in [3.05, 3.63) is 0 Å². The van der Waals surface area contributed by atoms with Gasteiger partial charge in [0.05, 0.1) is 0 Å². The van der Waals surface area contributed by atoms with Crippen LogP contribution in [-0.2, 0) is 9.59 Å². The van der Waals surface area contributed by atoms with Crippen molar-refractivity contribution in [1.82, 2.24) is 10.4 Å². The van der Waals surface area contributed by atoms with Gasteiger partial charge in [-0.25, -0.2) is 9.80 Å². The molecule has 3 atom stereocenters. The fourth-order valence-corrected chi connectivity index (χ4v) is 3.67. The average Bonchev–Trinajstić information content (AvgIpc) is 2.60. The summed E-state index contributed by atoms with van der Waals surface area (Å²) in [6.07, 6.45) is 0.390. The van der Waals surface area contributed by atoms with E-state index in [4.69, 9.17) is 5.11 Å². The van der Waals surface area contributed by atoms with Gasteiger partial charge in [0.1, 0.15) is 5.92 Å². The molecule has 0 aromatic rings. The highest BCUT2D eigenvalue weighted by atomic mass is 16.4. The van der Waals surface area contributed by atoms with Crippen molar-refractivity contribution in [3.63, 3.8) is 0 Å². The largest absolute Gasteiger partial charge is 0.464 e. The van der Waals surface area contributed by atoms with Crippen LogP contribution in [0.15, 0.2) is 0 Å². The number of ketones is 1. The molecule has 6 heteroatoms. The van der Waals surface area contributed by atoms with Gasteiger partial charge >= 0.3 is 6.09 Å². The van der Waals surface area contributed by atoms with Gasteiger partial charge in [-0.1, -0.05) is 20.8 Å². The quantitative estimate of drug-likeness (QED) is 0.554. The topological polar surface area (TPSA) is 86.7 Å². The van der Waals surface area contributed by atoms with Crippen molar-refractivity contribution in [2.45, 2.75) is 33.6 Å². The predicted molar refractivity (Wildman–Crippen MR) is 67.0 cm³/mol. The monoisotopic (exact) mass is 268 g/mol. The summed E-state index contributed by atoms with van der Waals surface area (Å²) in [5, 5.41) is 9.44. The summed E-state index contributed by atoms with van der Waals surface area (Å²) in [6, 6.07) is 0. The molecular formula is C13H20N2O4. The van der Waals surface area contributed by atoms with Gasteiger partial charge in [-0.3, -0.25) is 15.0 Å². The van der Waals surface area contributed by atoms with Crippen LogP contribution in [0.25, 0.3) is 0 Å². The second-order valence-corrected chi connectivity index (χ2v) is 6.36. The van der Waals surface area contributed by atoms with Gasteiger partial charge in [0.15, 0.2) is 5.78 Å². The smallest absolute Gasteiger partial charge is 0.425 e. The number of fused-ring (bicyclic) bond motifs is 2. The van der Waals surface area contributed by atoms with E-state index in [1.165, 1.54) is 7.05 Å². The van der Waals surface area contributed by atoms with Gasteiger partial charge in [-0.05, 0) is 24.2 Å². The van der Waals surface area contributed by atoms with E-state index in [9.17, 15) is 14.4 Å². The Hall–Kier alpha value is -1.59.